The average Bonchev–Trinajstić information content (AvgIpc) is 2.75. The van der Waals surface area contributed by atoms with E-state index in [1.54, 1.807) is 0 Å². The number of hydrogen-bond acceptors (Lipinski definition) is 10. The van der Waals surface area contributed by atoms with Gasteiger partial charge in [-0.15, -0.1) is 0 Å². The summed E-state index contributed by atoms with van der Waals surface area (Å²) >= 11 is 0.641. The SMILES string of the molecule is CC(C)C[C@H](CO)Nc1nc(NS(C)(=O)=O)nc(SCC(F)(F)c2ccc3c(c2)OCCO3)n1. The fourth-order valence-corrected chi connectivity index (χ4v) is 4.34. The van der Waals surface area contributed by atoms with E-state index in [0.717, 1.165) is 6.26 Å². The topological polar surface area (TPSA) is 136 Å². The third-order valence-corrected chi connectivity index (χ3v) is 6.05. The molecule has 0 fully saturated rings. The standard InChI is InChI=1S/C20H27F2N5O5S2/c1-12(2)8-14(10-28)23-17-24-18(27-34(3,29)30)26-19(25-17)33-11-20(21,22)13-4-5-15-16(9-13)32-7-6-31-15/h4-5,9,12,14,28H,6-8,10-11H2,1-3H3,(H2,23,24,25,26,27)/t14-/m1/s1. The van der Waals surface area contributed by atoms with Crippen molar-refractivity contribution in [2.75, 3.05) is 41.9 Å². The van der Waals surface area contributed by atoms with Gasteiger partial charge in [-0.25, -0.2) is 17.2 Å². The van der Waals surface area contributed by atoms with Crippen LogP contribution in [-0.4, -0.2) is 66.3 Å². The summed E-state index contributed by atoms with van der Waals surface area (Å²) in [5.74, 6) is -3.43. The first-order valence-electron chi connectivity index (χ1n) is 10.5. The van der Waals surface area contributed by atoms with Gasteiger partial charge in [-0.1, -0.05) is 25.6 Å². The van der Waals surface area contributed by atoms with Gasteiger partial charge in [0.2, 0.25) is 21.9 Å². The van der Waals surface area contributed by atoms with Crippen molar-refractivity contribution in [2.24, 2.45) is 5.92 Å². The Balaban J connectivity index is 1.80. The number of benzene rings is 1. The molecule has 1 aromatic carbocycles. The minimum absolute atomic E-state index is 0.0361. The van der Waals surface area contributed by atoms with Crippen LogP contribution in [0.2, 0.25) is 0 Å². The van der Waals surface area contributed by atoms with Crippen LogP contribution in [0.15, 0.2) is 23.4 Å². The monoisotopic (exact) mass is 519 g/mol. The number of ether oxygens (including phenoxy) is 2. The van der Waals surface area contributed by atoms with E-state index in [-0.39, 0.29) is 47.5 Å². The van der Waals surface area contributed by atoms with Crippen molar-refractivity contribution in [3.8, 4) is 11.5 Å². The number of rotatable bonds is 11. The normalized spacial score (nSPS) is 14.7. The molecule has 0 bridgehead atoms. The second-order valence-corrected chi connectivity index (χ2v) is 10.8. The van der Waals surface area contributed by atoms with E-state index in [1.165, 1.54) is 18.2 Å². The summed E-state index contributed by atoms with van der Waals surface area (Å²) in [6, 6.07) is 3.53. The zero-order valence-electron chi connectivity index (χ0n) is 18.9. The molecule has 0 amide bonds. The van der Waals surface area contributed by atoms with Gasteiger partial charge in [-0.2, -0.15) is 15.0 Å². The third kappa shape index (κ3) is 7.53. The van der Waals surface area contributed by atoms with Crippen molar-refractivity contribution in [1.29, 1.82) is 0 Å². The highest BCUT2D eigenvalue weighted by Gasteiger charge is 2.34. The Labute approximate surface area is 200 Å². The van der Waals surface area contributed by atoms with Crippen LogP contribution in [0.5, 0.6) is 11.5 Å². The lowest BCUT2D eigenvalue weighted by Crippen LogP contribution is -2.27. The maximum Gasteiger partial charge on any atom is 0.282 e. The Morgan fingerprint density at radius 2 is 1.82 bits per heavy atom. The summed E-state index contributed by atoms with van der Waals surface area (Å²) in [5.41, 5.74) is -0.261. The number of sulfonamides is 1. The van der Waals surface area contributed by atoms with E-state index in [9.17, 15) is 22.3 Å². The van der Waals surface area contributed by atoms with Crippen LogP contribution in [0, 0.1) is 5.92 Å². The highest BCUT2D eigenvalue weighted by Crippen LogP contribution is 2.39. The molecule has 188 valence electrons. The molecule has 1 aliphatic rings. The number of nitrogens with zero attached hydrogens (tertiary/aromatic N) is 3. The Morgan fingerprint density at radius 1 is 1.15 bits per heavy atom. The molecule has 1 aliphatic heterocycles. The molecule has 0 saturated heterocycles. The maximum atomic E-state index is 14.9. The predicted octanol–water partition coefficient (Wildman–Crippen LogP) is 2.72. The number of aromatic nitrogens is 3. The van der Waals surface area contributed by atoms with E-state index in [2.05, 4.69) is 25.0 Å². The van der Waals surface area contributed by atoms with Gasteiger partial charge in [-0.05, 0) is 30.5 Å². The third-order valence-electron chi connectivity index (χ3n) is 4.55. The zero-order chi connectivity index (χ0) is 24.9. The minimum Gasteiger partial charge on any atom is -0.486 e. The lowest BCUT2D eigenvalue weighted by molar-refractivity contribution is 0.0225. The minimum atomic E-state index is -3.72. The molecule has 1 atom stereocenters. The van der Waals surface area contributed by atoms with Crippen LogP contribution in [-0.2, 0) is 15.9 Å². The summed E-state index contributed by atoms with van der Waals surface area (Å²) in [6.07, 6.45) is 1.50. The van der Waals surface area contributed by atoms with Crippen LogP contribution in [0.4, 0.5) is 20.7 Å². The number of thioether (sulfide) groups is 1. The quantitative estimate of drug-likeness (QED) is 0.380. The molecule has 3 rings (SSSR count). The molecule has 3 N–H and O–H groups in total. The highest BCUT2D eigenvalue weighted by molar-refractivity contribution is 7.99. The molecule has 14 heteroatoms. The number of nitrogens with one attached hydrogen (secondary N) is 2. The number of anilines is 2. The van der Waals surface area contributed by atoms with Gasteiger partial charge in [0.25, 0.3) is 5.92 Å². The molecular formula is C20H27F2N5O5S2. The number of halogens is 2. The summed E-state index contributed by atoms with van der Waals surface area (Å²) in [7, 11) is -3.72. The smallest absolute Gasteiger partial charge is 0.282 e. The van der Waals surface area contributed by atoms with Crippen LogP contribution in [0.1, 0.15) is 25.8 Å². The Hall–Kier alpha value is -2.45. The van der Waals surface area contributed by atoms with Gasteiger partial charge < -0.3 is 19.9 Å². The maximum absolute atomic E-state index is 14.9. The number of aliphatic hydroxyl groups excluding tert-OH is 1. The van der Waals surface area contributed by atoms with E-state index in [4.69, 9.17) is 9.47 Å². The van der Waals surface area contributed by atoms with Crippen LogP contribution in [0.3, 0.4) is 0 Å². The molecule has 0 radical (unpaired) electrons. The van der Waals surface area contributed by atoms with Crippen LogP contribution >= 0.6 is 11.8 Å². The van der Waals surface area contributed by atoms with Crippen LogP contribution in [0.25, 0.3) is 0 Å². The number of hydrogen-bond donors (Lipinski definition) is 3. The van der Waals surface area contributed by atoms with Crippen molar-refractivity contribution < 1.29 is 31.8 Å². The number of fused-ring (bicyclic) bond motifs is 1. The number of alkyl halides is 2. The second kappa shape index (κ2) is 10.9. The van der Waals surface area contributed by atoms with E-state index >= 15 is 0 Å². The molecule has 0 saturated carbocycles. The molecule has 34 heavy (non-hydrogen) atoms. The van der Waals surface area contributed by atoms with Gasteiger partial charge in [0.05, 0.1) is 24.7 Å². The Morgan fingerprint density at radius 3 is 2.47 bits per heavy atom. The summed E-state index contributed by atoms with van der Waals surface area (Å²) < 4.78 is 66.1. The molecule has 1 aromatic heterocycles. The first kappa shape index (κ1) is 26.2. The lowest BCUT2D eigenvalue weighted by Gasteiger charge is -2.22. The van der Waals surface area contributed by atoms with Crippen molar-refractivity contribution in [3.63, 3.8) is 0 Å². The molecule has 0 unspecified atom stereocenters. The molecule has 2 aromatic rings. The van der Waals surface area contributed by atoms with Crippen molar-refractivity contribution in [2.45, 2.75) is 37.4 Å². The van der Waals surface area contributed by atoms with Crippen molar-refractivity contribution in [1.82, 2.24) is 15.0 Å². The molecule has 0 aliphatic carbocycles. The predicted molar refractivity (Wildman–Crippen MR) is 124 cm³/mol. The zero-order valence-corrected chi connectivity index (χ0v) is 20.5. The van der Waals surface area contributed by atoms with Gasteiger partial charge in [0, 0.05) is 5.56 Å². The fourth-order valence-electron chi connectivity index (χ4n) is 3.14. The first-order valence-corrected chi connectivity index (χ1v) is 13.3. The van der Waals surface area contributed by atoms with E-state index in [1.807, 2.05) is 13.8 Å². The van der Waals surface area contributed by atoms with Gasteiger partial charge in [0.1, 0.15) is 13.2 Å². The molecule has 0 spiro atoms. The van der Waals surface area contributed by atoms with Gasteiger partial charge in [-0.3, -0.25) is 4.72 Å². The summed E-state index contributed by atoms with van der Waals surface area (Å²) in [4.78, 5) is 12.1. The molecular weight excluding hydrogens is 492 g/mol. The molecule has 10 nitrogen and oxygen atoms in total. The van der Waals surface area contributed by atoms with Crippen molar-refractivity contribution >= 4 is 33.7 Å². The lowest BCUT2D eigenvalue weighted by atomic mass is 10.0. The second-order valence-electron chi connectivity index (χ2n) is 8.14. The molecule has 2 heterocycles. The Bertz CT molecular complexity index is 1100. The van der Waals surface area contributed by atoms with E-state index in [0.29, 0.717) is 30.5 Å². The summed E-state index contributed by atoms with van der Waals surface area (Å²) in [5, 5.41) is 12.4. The average molecular weight is 520 g/mol. The fraction of sp³-hybridized carbons (Fsp3) is 0.550. The van der Waals surface area contributed by atoms with Gasteiger partial charge in [0.15, 0.2) is 16.7 Å². The Kier molecular flexibility index (Phi) is 8.36. The van der Waals surface area contributed by atoms with E-state index < -0.39 is 27.7 Å². The highest BCUT2D eigenvalue weighted by atomic mass is 32.2. The first-order chi connectivity index (χ1) is 15.9. The number of aliphatic hydroxyl groups is 1. The summed E-state index contributed by atoms with van der Waals surface area (Å²) in [6.45, 7) is 4.35. The van der Waals surface area contributed by atoms with Crippen molar-refractivity contribution in [3.05, 3.63) is 23.8 Å². The largest absolute Gasteiger partial charge is 0.486 e. The van der Waals surface area contributed by atoms with Crippen LogP contribution < -0.4 is 19.5 Å². The van der Waals surface area contributed by atoms with Gasteiger partial charge >= 0.3 is 0 Å².